The van der Waals surface area contributed by atoms with Gasteiger partial charge in [-0.1, -0.05) is 29.8 Å². The Hall–Kier alpha value is -1.51. The smallest absolute Gasteiger partial charge is 0.0943 e. The van der Waals surface area contributed by atoms with Gasteiger partial charge in [-0.05, 0) is 60.2 Å². The molecule has 1 aliphatic carbocycles. The molecule has 0 saturated heterocycles. The molecule has 0 aliphatic heterocycles. The first-order chi connectivity index (χ1) is 9.48. The maximum atomic E-state index is 11.0. The number of nitrogen functional groups attached to an aromatic ring is 1. The number of nitrogens with two attached hydrogens (primary N) is 1. The van der Waals surface area contributed by atoms with Crippen LogP contribution in [0.25, 0.3) is 0 Å². The first kappa shape index (κ1) is 13.5. The Bertz CT molecular complexity index is 668. The summed E-state index contributed by atoms with van der Waals surface area (Å²) in [6, 6.07) is 11.7. The Morgan fingerprint density at radius 2 is 2.05 bits per heavy atom. The number of hydrogen-bond acceptors (Lipinski definition) is 2. The second-order valence-corrected chi connectivity index (χ2v) is 6.13. The molecule has 0 saturated carbocycles. The van der Waals surface area contributed by atoms with Gasteiger partial charge in [0.25, 0.3) is 0 Å². The van der Waals surface area contributed by atoms with Gasteiger partial charge in [-0.25, -0.2) is 0 Å². The fourth-order valence-electron chi connectivity index (χ4n) is 3.04. The third-order valence-electron chi connectivity index (χ3n) is 4.13. The molecular formula is C17H18ClNO. The van der Waals surface area contributed by atoms with E-state index in [4.69, 9.17) is 17.3 Å². The summed E-state index contributed by atoms with van der Waals surface area (Å²) in [6.45, 7) is 2.01. The van der Waals surface area contributed by atoms with Crippen LogP contribution in [-0.4, -0.2) is 5.11 Å². The van der Waals surface area contributed by atoms with E-state index in [-0.39, 0.29) is 0 Å². The van der Waals surface area contributed by atoms with E-state index in [2.05, 4.69) is 0 Å². The van der Waals surface area contributed by atoms with Gasteiger partial charge in [0, 0.05) is 17.1 Å². The zero-order valence-electron chi connectivity index (χ0n) is 11.5. The van der Waals surface area contributed by atoms with Crippen LogP contribution in [0.4, 0.5) is 5.69 Å². The van der Waals surface area contributed by atoms with E-state index in [0.29, 0.717) is 6.42 Å². The minimum Gasteiger partial charge on any atom is -0.399 e. The van der Waals surface area contributed by atoms with E-state index >= 15 is 0 Å². The van der Waals surface area contributed by atoms with Crippen molar-refractivity contribution >= 4 is 17.3 Å². The molecule has 1 aliphatic rings. The number of anilines is 1. The molecule has 0 aromatic heterocycles. The van der Waals surface area contributed by atoms with Crippen LogP contribution in [-0.2, 0) is 18.4 Å². The summed E-state index contributed by atoms with van der Waals surface area (Å²) in [5.41, 5.74) is 9.99. The van der Waals surface area contributed by atoms with Crippen molar-refractivity contribution < 1.29 is 5.11 Å². The highest BCUT2D eigenvalue weighted by molar-refractivity contribution is 6.31. The minimum atomic E-state index is -0.831. The number of fused-ring (bicyclic) bond motifs is 1. The van der Waals surface area contributed by atoms with Crippen LogP contribution in [0.5, 0.6) is 0 Å². The number of aryl methyl sites for hydroxylation is 2. The van der Waals surface area contributed by atoms with Gasteiger partial charge in [-0.3, -0.25) is 0 Å². The predicted molar refractivity (Wildman–Crippen MR) is 83.0 cm³/mol. The van der Waals surface area contributed by atoms with Crippen LogP contribution >= 0.6 is 11.6 Å². The van der Waals surface area contributed by atoms with Crippen molar-refractivity contribution in [3.8, 4) is 0 Å². The second kappa shape index (κ2) is 4.80. The van der Waals surface area contributed by atoms with Gasteiger partial charge >= 0.3 is 0 Å². The summed E-state index contributed by atoms with van der Waals surface area (Å²) in [6.07, 6.45) is 2.12. The number of rotatable bonds is 2. The maximum Gasteiger partial charge on any atom is 0.0943 e. The summed E-state index contributed by atoms with van der Waals surface area (Å²) in [5, 5.41) is 11.7. The number of aliphatic hydroxyl groups is 1. The molecule has 0 bridgehead atoms. The third-order valence-corrected chi connectivity index (χ3v) is 4.48. The summed E-state index contributed by atoms with van der Waals surface area (Å²) in [7, 11) is 0. The second-order valence-electron chi connectivity index (χ2n) is 5.72. The molecule has 104 valence electrons. The molecule has 1 unspecified atom stereocenters. The van der Waals surface area contributed by atoms with E-state index in [1.54, 1.807) is 0 Å². The maximum absolute atomic E-state index is 11.0. The first-order valence-electron chi connectivity index (χ1n) is 6.84. The van der Waals surface area contributed by atoms with Crippen molar-refractivity contribution in [1.82, 2.24) is 0 Å². The zero-order chi connectivity index (χ0) is 14.3. The van der Waals surface area contributed by atoms with Gasteiger partial charge in [0.2, 0.25) is 0 Å². The SMILES string of the molecule is Cc1ccc(CC2(O)CCc3cc(N)ccc32)c(Cl)c1. The van der Waals surface area contributed by atoms with Crippen LogP contribution in [0, 0.1) is 6.92 Å². The Morgan fingerprint density at radius 3 is 2.80 bits per heavy atom. The quantitative estimate of drug-likeness (QED) is 0.829. The Kier molecular flexibility index (Phi) is 3.23. The van der Waals surface area contributed by atoms with Gasteiger partial charge in [0.1, 0.15) is 0 Å². The largest absolute Gasteiger partial charge is 0.399 e. The Balaban J connectivity index is 1.96. The van der Waals surface area contributed by atoms with E-state index in [1.807, 2.05) is 43.3 Å². The molecule has 0 fully saturated rings. The lowest BCUT2D eigenvalue weighted by molar-refractivity contribution is 0.0390. The standard InChI is InChI=1S/C17H18ClNO/c1-11-2-3-13(16(18)8-11)10-17(20)7-6-12-9-14(19)4-5-15(12)17/h2-5,8-9,20H,6-7,10,19H2,1H3. The fraction of sp³-hybridized carbons (Fsp3) is 0.294. The molecule has 2 nitrogen and oxygen atoms in total. The Labute approximate surface area is 124 Å². The molecule has 3 rings (SSSR count). The van der Waals surface area contributed by atoms with Crippen molar-refractivity contribution in [2.75, 3.05) is 5.73 Å². The molecule has 2 aromatic rings. The minimum absolute atomic E-state index is 0.545. The molecule has 1 atom stereocenters. The Morgan fingerprint density at radius 1 is 1.25 bits per heavy atom. The number of halogens is 1. The molecule has 3 N–H and O–H groups in total. The molecule has 0 radical (unpaired) electrons. The first-order valence-corrected chi connectivity index (χ1v) is 7.22. The average Bonchev–Trinajstić information content (AvgIpc) is 2.70. The molecule has 0 amide bonds. The highest BCUT2D eigenvalue weighted by Crippen LogP contribution is 2.41. The van der Waals surface area contributed by atoms with Gasteiger partial charge in [-0.15, -0.1) is 0 Å². The van der Waals surface area contributed by atoms with Crippen LogP contribution in [0.1, 0.15) is 28.7 Å². The van der Waals surface area contributed by atoms with Crippen LogP contribution in [0.2, 0.25) is 5.02 Å². The van der Waals surface area contributed by atoms with Gasteiger partial charge in [0.15, 0.2) is 0 Å². The lowest BCUT2D eigenvalue weighted by atomic mass is 9.88. The normalized spacial score (nSPS) is 20.9. The highest BCUT2D eigenvalue weighted by Gasteiger charge is 2.37. The molecular weight excluding hydrogens is 270 g/mol. The molecule has 0 spiro atoms. The van der Waals surface area contributed by atoms with Crippen LogP contribution in [0.3, 0.4) is 0 Å². The van der Waals surface area contributed by atoms with Crippen molar-refractivity contribution in [3.05, 3.63) is 63.7 Å². The van der Waals surface area contributed by atoms with Crippen molar-refractivity contribution in [2.45, 2.75) is 31.8 Å². The highest BCUT2D eigenvalue weighted by atomic mass is 35.5. The van der Waals surface area contributed by atoms with E-state index in [0.717, 1.165) is 45.8 Å². The summed E-state index contributed by atoms with van der Waals surface area (Å²) in [4.78, 5) is 0. The number of benzene rings is 2. The molecule has 2 aromatic carbocycles. The van der Waals surface area contributed by atoms with Gasteiger partial charge in [-0.2, -0.15) is 0 Å². The number of hydrogen-bond donors (Lipinski definition) is 2. The van der Waals surface area contributed by atoms with E-state index in [1.165, 1.54) is 0 Å². The lowest BCUT2D eigenvalue weighted by Gasteiger charge is -2.25. The molecule has 20 heavy (non-hydrogen) atoms. The van der Waals surface area contributed by atoms with Crippen LogP contribution < -0.4 is 5.73 Å². The van der Waals surface area contributed by atoms with E-state index in [9.17, 15) is 5.11 Å². The summed E-state index contributed by atoms with van der Waals surface area (Å²) in [5.74, 6) is 0. The predicted octanol–water partition coefficient (Wildman–Crippen LogP) is 3.61. The third kappa shape index (κ3) is 2.30. The lowest BCUT2D eigenvalue weighted by Crippen LogP contribution is -2.25. The van der Waals surface area contributed by atoms with Crippen molar-refractivity contribution in [3.63, 3.8) is 0 Å². The topological polar surface area (TPSA) is 46.2 Å². The monoisotopic (exact) mass is 287 g/mol. The van der Waals surface area contributed by atoms with Crippen molar-refractivity contribution in [1.29, 1.82) is 0 Å². The average molecular weight is 288 g/mol. The zero-order valence-corrected chi connectivity index (χ0v) is 12.2. The van der Waals surface area contributed by atoms with Gasteiger partial charge < -0.3 is 10.8 Å². The van der Waals surface area contributed by atoms with Crippen molar-refractivity contribution in [2.24, 2.45) is 0 Å². The summed E-state index contributed by atoms with van der Waals surface area (Å²) >= 11 is 6.29. The molecule has 0 heterocycles. The fourth-order valence-corrected chi connectivity index (χ4v) is 3.35. The molecule has 3 heteroatoms. The van der Waals surface area contributed by atoms with Crippen LogP contribution in [0.15, 0.2) is 36.4 Å². The van der Waals surface area contributed by atoms with Gasteiger partial charge in [0.05, 0.1) is 5.60 Å². The summed E-state index contributed by atoms with van der Waals surface area (Å²) < 4.78 is 0. The van der Waals surface area contributed by atoms with E-state index < -0.39 is 5.60 Å².